The third-order valence-electron chi connectivity index (χ3n) is 0. The van der Waals surface area contributed by atoms with Crippen LogP contribution in [0.2, 0.25) is 0 Å². The molecule has 34 valence electrons. The van der Waals surface area contributed by atoms with Crippen LogP contribution in [0.15, 0.2) is 0 Å². The monoisotopic (exact) mass is 86.1 g/mol. The molecule has 0 spiro atoms. The summed E-state index contributed by atoms with van der Waals surface area (Å²) in [5.41, 5.74) is 0. The maximum atomic E-state index is 9.00. The van der Waals surface area contributed by atoms with Gasteiger partial charge in [-0.05, 0) is 0 Å². The van der Waals surface area contributed by atoms with E-state index in [9.17, 15) is 0 Å². The normalized spacial score (nSPS) is 4.17. The zero-order valence-electron chi connectivity index (χ0n) is 4.86. The first-order valence-corrected chi connectivity index (χ1v) is 0.928. The zero-order chi connectivity index (χ0) is 3.58. The summed E-state index contributed by atoms with van der Waals surface area (Å²) in [6.45, 7) is 1.08. The van der Waals surface area contributed by atoms with Gasteiger partial charge in [0.25, 0.3) is 5.97 Å². The second-order valence-electron chi connectivity index (χ2n) is 0.519. The molecular weight excluding hydrogens is 79.0 g/mol. The van der Waals surface area contributed by atoms with Gasteiger partial charge in [0.1, 0.15) is 0 Å². The Balaban J connectivity index is -0.0000000150. The van der Waals surface area contributed by atoms with Gasteiger partial charge in [0, 0.05) is 6.92 Å². The minimum absolute atomic E-state index is 0. The van der Waals surface area contributed by atoms with Crippen molar-refractivity contribution in [2.24, 2.45) is 0 Å². The van der Waals surface area contributed by atoms with Crippen LogP contribution in [0.4, 0.5) is 0 Å². The van der Waals surface area contributed by atoms with E-state index in [1.165, 1.54) is 0 Å². The number of carboxylic acid groups (broad SMARTS) is 1. The SMILES string of the molecule is CC(=O)O.O.[H-].[Li+]. The van der Waals surface area contributed by atoms with Crippen molar-refractivity contribution >= 4 is 5.97 Å². The van der Waals surface area contributed by atoms with E-state index in [2.05, 4.69) is 0 Å². The van der Waals surface area contributed by atoms with Crippen molar-refractivity contribution in [2.45, 2.75) is 6.92 Å². The summed E-state index contributed by atoms with van der Waals surface area (Å²) in [4.78, 5) is 9.00. The molecule has 0 unspecified atom stereocenters. The van der Waals surface area contributed by atoms with Crippen molar-refractivity contribution < 1.29 is 35.7 Å². The van der Waals surface area contributed by atoms with E-state index >= 15 is 0 Å². The molecule has 3 nitrogen and oxygen atoms in total. The molecule has 0 aromatic carbocycles. The molecule has 0 aliphatic heterocycles. The maximum absolute atomic E-state index is 9.00. The van der Waals surface area contributed by atoms with Crippen molar-refractivity contribution in [1.29, 1.82) is 0 Å². The molecule has 4 heteroatoms. The number of carbonyl (C=O) groups is 1. The van der Waals surface area contributed by atoms with Crippen LogP contribution in [0, 0.1) is 0 Å². The van der Waals surface area contributed by atoms with Gasteiger partial charge in [-0.25, -0.2) is 0 Å². The minimum atomic E-state index is -0.833. The number of aliphatic carboxylic acids is 1. The molecule has 0 fully saturated rings. The molecule has 0 atom stereocenters. The second kappa shape index (κ2) is 8.90. The minimum Gasteiger partial charge on any atom is -1.00 e. The first-order valence-electron chi connectivity index (χ1n) is 0.928. The van der Waals surface area contributed by atoms with Gasteiger partial charge in [0.05, 0.1) is 0 Å². The summed E-state index contributed by atoms with van der Waals surface area (Å²) in [5, 5.41) is 7.42. The Hall–Kier alpha value is 0.0274. The van der Waals surface area contributed by atoms with Crippen molar-refractivity contribution in [3.63, 3.8) is 0 Å². The number of hydrogen-bond acceptors (Lipinski definition) is 1. The van der Waals surface area contributed by atoms with E-state index in [0.717, 1.165) is 6.92 Å². The molecule has 0 aliphatic carbocycles. The van der Waals surface area contributed by atoms with Crippen LogP contribution in [0.25, 0.3) is 0 Å². The van der Waals surface area contributed by atoms with Crippen LogP contribution in [0.3, 0.4) is 0 Å². The van der Waals surface area contributed by atoms with E-state index in [1.807, 2.05) is 0 Å². The van der Waals surface area contributed by atoms with Gasteiger partial charge in [-0.3, -0.25) is 4.79 Å². The maximum Gasteiger partial charge on any atom is 1.00 e. The van der Waals surface area contributed by atoms with E-state index in [1.54, 1.807) is 0 Å². The first-order chi connectivity index (χ1) is 1.73. The summed E-state index contributed by atoms with van der Waals surface area (Å²) >= 11 is 0. The van der Waals surface area contributed by atoms with E-state index in [4.69, 9.17) is 9.90 Å². The molecule has 0 radical (unpaired) electrons. The quantitative estimate of drug-likeness (QED) is 0.309. The predicted octanol–water partition coefficient (Wildman–Crippen LogP) is -3.62. The third-order valence-corrected chi connectivity index (χ3v) is 0. The Morgan fingerprint density at radius 2 is 1.83 bits per heavy atom. The van der Waals surface area contributed by atoms with Gasteiger partial charge in [0.2, 0.25) is 0 Å². The van der Waals surface area contributed by atoms with Crippen molar-refractivity contribution in [3.05, 3.63) is 0 Å². The first kappa shape index (κ1) is 16.6. The number of hydrogen-bond donors (Lipinski definition) is 1. The van der Waals surface area contributed by atoms with Crippen LogP contribution < -0.4 is 18.9 Å². The fraction of sp³-hybridized carbons (Fsp3) is 0.500. The van der Waals surface area contributed by atoms with Crippen LogP contribution in [0.1, 0.15) is 8.35 Å². The van der Waals surface area contributed by atoms with Crippen molar-refractivity contribution in [2.75, 3.05) is 0 Å². The van der Waals surface area contributed by atoms with Gasteiger partial charge in [0.15, 0.2) is 0 Å². The molecule has 0 bridgehead atoms. The van der Waals surface area contributed by atoms with Gasteiger partial charge >= 0.3 is 18.9 Å². The fourth-order valence-electron chi connectivity index (χ4n) is 0. The Kier molecular flexibility index (Phi) is 24.6. The number of carboxylic acids is 1. The van der Waals surface area contributed by atoms with Crippen LogP contribution in [0.5, 0.6) is 0 Å². The van der Waals surface area contributed by atoms with Gasteiger partial charge in [-0.1, -0.05) is 0 Å². The largest absolute Gasteiger partial charge is 1.00 e. The molecule has 0 aromatic rings. The number of rotatable bonds is 0. The Morgan fingerprint density at radius 1 is 1.83 bits per heavy atom. The third kappa shape index (κ3) is 49200. The molecule has 0 saturated carbocycles. The molecular formula is C2H7LiO3. The van der Waals surface area contributed by atoms with Crippen molar-refractivity contribution in [1.82, 2.24) is 0 Å². The van der Waals surface area contributed by atoms with Crippen LogP contribution in [-0.2, 0) is 4.79 Å². The average Bonchev–Trinajstić information content (AvgIpc) is 0.811. The van der Waals surface area contributed by atoms with E-state index < -0.39 is 5.97 Å². The molecule has 6 heavy (non-hydrogen) atoms. The second-order valence-corrected chi connectivity index (χ2v) is 0.519. The van der Waals surface area contributed by atoms with E-state index in [-0.39, 0.29) is 25.8 Å². The molecule has 0 heterocycles. The van der Waals surface area contributed by atoms with Gasteiger partial charge < -0.3 is 12.0 Å². The fourth-order valence-corrected chi connectivity index (χ4v) is 0. The van der Waals surface area contributed by atoms with Crippen LogP contribution in [-0.4, -0.2) is 16.6 Å². The molecule has 0 saturated heterocycles. The molecule has 0 amide bonds. The summed E-state index contributed by atoms with van der Waals surface area (Å²) < 4.78 is 0. The zero-order valence-corrected chi connectivity index (χ0v) is 3.86. The van der Waals surface area contributed by atoms with Crippen LogP contribution >= 0.6 is 0 Å². The Morgan fingerprint density at radius 3 is 1.83 bits per heavy atom. The summed E-state index contributed by atoms with van der Waals surface area (Å²) in [6.07, 6.45) is 0. The molecule has 3 N–H and O–H groups in total. The smallest absolute Gasteiger partial charge is 1.00 e. The standard InChI is InChI=1S/C2H4O2.Li.H2O.H/c1-2(3)4;;;/h1H3,(H,3,4);;1H2;/q;+1;;-1. The topological polar surface area (TPSA) is 68.8 Å². The van der Waals surface area contributed by atoms with E-state index in [0.29, 0.717) is 0 Å². The average molecular weight is 86.0 g/mol. The summed E-state index contributed by atoms with van der Waals surface area (Å²) in [6, 6.07) is 0. The van der Waals surface area contributed by atoms with Gasteiger partial charge in [-0.2, -0.15) is 0 Å². The van der Waals surface area contributed by atoms with Crippen molar-refractivity contribution in [3.8, 4) is 0 Å². The molecule has 0 aliphatic rings. The molecule has 0 rings (SSSR count). The Labute approximate surface area is 49.3 Å². The summed E-state index contributed by atoms with van der Waals surface area (Å²) in [7, 11) is 0. The summed E-state index contributed by atoms with van der Waals surface area (Å²) in [5.74, 6) is -0.833. The van der Waals surface area contributed by atoms with Gasteiger partial charge in [-0.15, -0.1) is 0 Å². The molecule has 0 aromatic heterocycles. The predicted molar refractivity (Wildman–Crippen MR) is 18.0 cm³/mol. The Bertz CT molecular complexity index is 35.9.